The lowest BCUT2D eigenvalue weighted by Crippen LogP contribution is -2.56. The minimum Gasteiger partial charge on any atom is -0.459 e. The number of carbonyl (C=O) groups is 3. The molecule has 2 N–H and O–H groups in total. The van der Waals surface area contributed by atoms with Crippen molar-refractivity contribution in [3.05, 3.63) is 0 Å². The number of amides is 1. The van der Waals surface area contributed by atoms with Crippen molar-refractivity contribution in [2.24, 2.45) is 0 Å². The van der Waals surface area contributed by atoms with Crippen LogP contribution in [0.1, 0.15) is 34.6 Å². The van der Waals surface area contributed by atoms with Gasteiger partial charge in [0.1, 0.15) is 11.6 Å². The van der Waals surface area contributed by atoms with Crippen molar-refractivity contribution in [3.63, 3.8) is 0 Å². The maximum atomic E-state index is 12.6. The predicted molar refractivity (Wildman–Crippen MR) is 89.8 cm³/mol. The molecule has 1 rings (SSSR count). The van der Waals surface area contributed by atoms with Gasteiger partial charge in [0.25, 0.3) is 0 Å². The SMILES string of the molecule is CC(N[C@@H](C)C(=O)N1CCSCC1OC(=O)O)C(=O)OC(C)(C)C. The van der Waals surface area contributed by atoms with Crippen molar-refractivity contribution in [1.29, 1.82) is 0 Å². The normalized spacial score (nSPS) is 20.9. The molecule has 1 heterocycles. The Balaban J connectivity index is 2.64. The number of rotatable bonds is 5. The summed E-state index contributed by atoms with van der Waals surface area (Å²) in [4.78, 5) is 36.7. The zero-order valence-electron chi connectivity index (χ0n) is 14.7. The topological polar surface area (TPSA) is 105 Å². The summed E-state index contributed by atoms with van der Waals surface area (Å²) in [6.45, 7) is 8.95. The molecule has 2 unspecified atom stereocenters. The Bertz CT molecular complexity index is 479. The maximum absolute atomic E-state index is 12.6. The van der Waals surface area contributed by atoms with E-state index in [9.17, 15) is 14.4 Å². The summed E-state index contributed by atoms with van der Waals surface area (Å²) in [5.74, 6) is 0.345. The van der Waals surface area contributed by atoms with Gasteiger partial charge >= 0.3 is 12.1 Å². The second-order valence-corrected chi connectivity index (χ2v) is 7.74. The van der Waals surface area contributed by atoms with Crippen molar-refractivity contribution >= 4 is 29.8 Å². The van der Waals surface area contributed by atoms with E-state index in [1.54, 1.807) is 34.6 Å². The number of hydrogen-bond acceptors (Lipinski definition) is 7. The molecule has 3 atom stereocenters. The van der Waals surface area contributed by atoms with Gasteiger partial charge in [0.15, 0.2) is 6.23 Å². The second-order valence-electron chi connectivity index (χ2n) is 6.59. The van der Waals surface area contributed by atoms with Crippen LogP contribution in [0.3, 0.4) is 0 Å². The maximum Gasteiger partial charge on any atom is 0.507 e. The highest BCUT2D eigenvalue weighted by Gasteiger charge is 2.34. The number of carbonyl (C=O) groups excluding carboxylic acids is 2. The summed E-state index contributed by atoms with van der Waals surface area (Å²) in [7, 11) is 0. The Labute approximate surface area is 146 Å². The van der Waals surface area contributed by atoms with Crippen LogP contribution in [0, 0.1) is 0 Å². The molecular formula is C15H26N2O6S. The lowest BCUT2D eigenvalue weighted by molar-refractivity contribution is -0.157. The molecule has 138 valence electrons. The van der Waals surface area contributed by atoms with E-state index in [1.807, 2.05) is 0 Å². The first-order chi connectivity index (χ1) is 11.0. The Morgan fingerprint density at radius 2 is 1.88 bits per heavy atom. The van der Waals surface area contributed by atoms with Crippen LogP contribution in [-0.4, -0.2) is 70.0 Å². The molecule has 1 saturated heterocycles. The minimum absolute atomic E-state index is 0.308. The van der Waals surface area contributed by atoms with Crippen molar-refractivity contribution in [2.75, 3.05) is 18.1 Å². The molecule has 1 amide bonds. The molecule has 0 spiro atoms. The van der Waals surface area contributed by atoms with E-state index in [0.717, 1.165) is 0 Å². The highest BCUT2D eigenvalue weighted by atomic mass is 32.2. The smallest absolute Gasteiger partial charge is 0.459 e. The van der Waals surface area contributed by atoms with Gasteiger partial charge in [-0.2, -0.15) is 11.8 Å². The van der Waals surface area contributed by atoms with Crippen molar-refractivity contribution in [2.45, 2.75) is 58.5 Å². The van der Waals surface area contributed by atoms with Gasteiger partial charge in [0.05, 0.1) is 11.8 Å². The fourth-order valence-corrected chi connectivity index (χ4v) is 3.14. The van der Waals surface area contributed by atoms with E-state index in [2.05, 4.69) is 5.32 Å². The lowest BCUT2D eigenvalue weighted by atomic mass is 10.2. The number of nitrogens with zero attached hydrogens (tertiary/aromatic N) is 1. The summed E-state index contributed by atoms with van der Waals surface area (Å²) >= 11 is 1.53. The first kappa shape index (κ1) is 20.6. The third-order valence-corrected chi connectivity index (χ3v) is 4.23. The van der Waals surface area contributed by atoms with Crippen LogP contribution in [0.15, 0.2) is 0 Å². The molecule has 9 heteroatoms. The van der Waals surface area contributed by atoms with Crippen molar-refractivity contribution < 1.29 is 29.0 Å². The van der Waals surface area contributed by atoms with Crippen LogP contribution in [0.5, 0.6) is 0 Å². The third-order valence-electron chi connectivity index (χ3n) is 3.24. The van der Waals surface area contributed by atoms with Gasteiger partial charge in [-0.1, -0.05) is 0 Å². The summed E-state index contributed by atoms with van der Waals surface area (Å²) in [5, 5.41) is 11.7. The largest absolute Gasteiger partial charge is 0.507 e. The second kappa shape index (κ2) is 8.57. The fourth-order valence-electron chi connectivity index (χ4n) is 2.20. The highest BCUT2D eigenvalue weighted by Crippen LogP contribution is 2.19. The molecule has 1 fully saturated rings. The number of carboxylic acid groups (broad SMARTS) is 1. The van der Waals surface area contributed by atoms with Gasteiger partial charge in [-0.05, 0) is 34.6 Å². The van der Waals surface area contributed by atoms with Gasteiger partial charge in [-0.15, -0.1) is 0 Å². The quantitative estimate of drug-likeness (QED) is 0.705. The number of ether oxygens (including phenoxy) is 2. The zero-order chi connectivity index (χ0) is 18.5. The monoisotopic (exact) mass is 362 g/mol. The van der Waals surface area contributed by atoms with E-state index >= 15 is 0 Å². The van der Waals surface area contributed by atoms with Gasteiger partial charge < -0.3 is 19.5 Å². The Kier molecular flexibility index (Phi) is 7.34. The third kappa shape index (κ3) is 6.56. The molecule has 0 bridgehead atoms. The first-order valence-corrected chi connectivity index (χ1v) is 8.93. The summed E-state index contributed by atoms with van der Waals surface area (Å²) in [5.41, 5.74) is -0.606. The van der Waals surface area contributed by atoms with Crippen LogP contribution >= 0.6 is 11.8 Å². The average molecular weight is 362 g/mol. The fraction of sp³-hybridized carbons (Fsp3) is 0.800. The van der Waals surface area contributed by atoms with Crippen LogP contribution in [0.2, 0.25) is 0 Å². The highest BCUT2D eigenvalue weighted by molar-refractivity contribution is 7.99. The van der Waals surface area contributed by atoms with Crippen LogP contribution in [-0.2, 0) is 19.1 Å². The molecule has 0 radical (unpaired) electrons. The van der Waals surface area contributed by atoms with E-state index in [-0.39, 0.29) is 5.91 Å². The Hall–Kier alpha value is -1.48. The van der Waals surface area contributed by atoms with Gasteiger partial charge in [-0.3, -0.25) is 14.9 Å². The molecule has 1 aliphatic rings. The standard InChI is InChI=1S/C15H26N2O6S/c1-9(16-10(2)13(19)23-15(3,4)5)12(18)17-6-7-24-8-11(17)22-14(20)21/h9-11,16H,6-8H2,1-5H3,(H,20,21)/t9-,10?,11?/m0/s1. The van der Waals surface area contributed by atoms with Gasteiger partial charge in [0.2, 0.25) is 5.91 Å². The van der Waals surface area contributed by atoms with Gasteiger partial charge in [-0.25, -0.2) is 4.79 Å². The van der Waals surface area contributed by atoms with Crippen LogP contribution in [0.4, 0.5) is 4.79 Å². The molecule has 24 heavy (non-hydrogen) atoms. The van der Waals surface area contributed by atoms with E-state index < -0.39 is 36.0 Å². The molecular weight excluding hydrogens is 336 g/mol. The number of thioether (sulfide) groups is 1. The predicted octanol–water partition coefficient (Wildman–Crippen LogP) is 1.29. The Morgan fingerprint density at radius 1 is 1.25 bits per heavy atom. The average Bonchev–Trinajstić information content (AvgIpc) is 2.44. The molecule has 0 aliphatic carbocycles. The lowest BCUT2D eigenvalue weighted by Gasteiger charge is -2.36. The zero-order valence-corrected chi connectivity index (χ0v) is 15.5. The van der Waals surface area contributed by atoms with Crippen molar-refractivity contribution in [1.82, 2.24) is 10.2 Å². The first-order valence-electron chi connectivity index (χ1n) is 7.78. The molecule has 8 nitrogen and oxygen atoms in total. The number of nitrogens with one attached hydrogen (secondary N) is 1. The Morgan fingerprint density at radius 3 is 2.42 bits per heavy atom. The van der Waals surface area contributed by atoms with Gasteiger partial charge in [0, 0.05) is 12.3 Å². The van der Waals surface area contributed by atoms with E-state index in [4.69, 9.17) is 14.6 Å². The minimum atomic E-state index is -1.41. The molecule has 1 aliphatic heterocycles. The van der Waals surface area contributed by atoms with Crippen molar-refractivity contribution in [3.8, 4) is 0 Å². The molecule has 0 saturated carbocycles. The molecule has 0 aromatic rings. The summed E-state index contributed by atoms with van der Waals surface area (Å²) in [6.07, 6.45) is -2.22. The van der Waals surface area contributed by atoms with Crippen LogP contribution < -0.4 is 5.32 Å². The van der Waals surface area contributed by atoms with E-state index in [0.29, 0.717) is 18.1 Å². The number of esters is 1. The summed E-state index contributed by atoms with van der Waals surface area (Å²) in [6, 6.07) is -1.34. The van der Waals surface area contributed by atoms with E-state index in [1.165, 1.54) is 16.7 Å². The molecule has 0 aromatic heterocycles. The molecule has 0 aromatic carbocycles. The summed E-state index contributed by atoms with van der Waals surface area (Å²) < 4.78 is 10.0. The van der Waals surface area contributed by atoms with Crippen LogP contribution in [0.25, 0.3) is 0 Å². The number of hydrogen-bond donors (Lipinski definition) is 2.